The zero-order valence-electron chi connectivity index (χ0n) is 16.8. The number of ether oxygens (including phenoxy) is 2. The first-order valence-electron chi connectivity index (χ1n) is 9.16. The number of phenolic OH excluding ortho intramolecular Hbond substituents is 1. The van der Waals surface area contributed by atoms with Gasteiger partial charge in [-0.25, -0.2) is 18.6 Å². The number of hydrazone groups is 1. The molecule has 0 atom stereocenters. The van der Waals surface area contributed by atoms with E-state index in [9.17, 15) is 31.9 Å². The number of nitrogens with one attached hydrogen (secondary N) is 1. The van der Waals surface area contributed by atoms with E-state index >= 15 is 0 Å². The summed E-state index contributed by atoms with van der Waals surface area (Å²) in [6, 6.07) is 9.86. The second kappa shape index (κ2) is 9.98. The lowest BCUT2D eigenvalue weighted by molar-refractivity contribution is 0.0955. The number of amides is 1. The van der Waals surface area contributed by atoms with Crippen molar-refractivity contribution in [2.45, 2.75) is 6.61 Å². The topological polar surface area (TPSA) is 80.2 Å². The molecule has 3 rings (SSSR count). The Morgan fingerprint density at radius 3 is 2.18 bits per heavy atom. The summed E-state index contributed by atoms with van der Waals surface area (Å²) >= 11 is 0. The van der Waals surface area contributed by atoms with Crippen LogP contribution in [0, 0.1) is 29.1 Å². The maximum absolute atomic E-state index is 13.8. The van der Waals surface area contributed by atoms with Crippen molar-refractivity contribution in [3.63, 3.8) is 0 Å². The lowest BCUT2D eigenvalue weighted by Gasteiger charge is -2.13. The molecule has 0 heterocycles. The molecule has 0 saturated carbocycles. The van der Waals surface area contributed by atoms with E-state index in [0.717, 1.165) is 0 Å². The van der Waals surface area contributed by atoms with Crippen molar-refractivity contribution < 1.29 is 41.3 Å². The first-order chi connectivity index (χ1) is 15.7. The maximum atomic E-state index is 13.8. The van der Waals surface area contributed by atoms with Crippen LogP contribution in [0.2, 0.25) is 0 Å². The number of halogens is 5. The minimum absolute atomic E-state index is 0.00564. The number of nitrogens with zero attached hydrogens (tertiary/aromatic N) is 1. The predicted molar refractivity (Wildman–Crippen MR) is 107 cm³/mol. The summed E-state index contributed by atoms with van der Waals surface area (Å²) in [6.07, 6.45) is 1.25. The molecule has 3 aromatic rings. The Bertz CT molecular complexity index is 1190. The van der Waals surface area contributed by atoms with Gasteiger partial charge in [-0.3, -0.25) is 4.79 Å². The molecular formula is C22H15F5N2O4. The average Bonchev–Trinajstić information content (AvgIpc) is 2.82. The Balaban J connectivity index is 1.76. The van der Waals surface area contributed by atoms with E-state index in [1.807, 2.05) is 0 Å². The average molecular weight is 466 g/mol. The van der Waals surface area contributed by atoms with Crippen LogP contribution < -0.4 is 14.9 Å². The van der Waals surface area contributed by atoms with E-state index in [1.54, 1.807) is 0 Å². The van der Waals surface area contributed by atoms with E-state index in [2.05, 4.69) is 10.5 Å². The third-order valence-electron chi connectivity index (χ3n) is 4.36. The molecule has 0 aliphatic heterocycles. The molecule has 0 spiro atoms. The minimum Gasteiger partial charge on any atom is -0.508 e. The fourth-order valence-electron chi connectivity index (χ4n) is 2.70. The standard InChI is InChI=1S/C22H15F5N2O4/c1-32-15-7-2-11(9-28-29-22(31)12-3-5-14(30)6-4-12)8-13(15)10-33-21-19(26)17(24)16(23)18(25)20(21)27/h2-9,30H,10H2,1H3,(H,29,31)/b28-9+. The van der Waals surface area contributed by atoms with Crippen LogP contribution in [0.15, 0.2) is 47.6 Å². The molecule has 1 amide bonds. The number of aromatic hydroxyl groups is 1. The Morgan fingerprint density at radius 2 is 1.58 bits per heavy atom. The summed E-state index contributed by atoms with van der Waals surface area (Å²) in [5, 5.41) is 13.0. The number of hydrogen-bond donors (Lipinski definition) is 2. The van der Waals surface area contributed by atoms with Crippen molar-refractivity contribution >= 4 is 12.1 Å². The Hall–Kier alpha value is -4.15. The lowest BCUT2D eigenvalue weighted by atomic mass is 10.1. The molecule has 6 nitrogen and oxygen atoms in total. The van der Waals surface area contributed by atoms with Crippen molar-refractivity contribution in [3.8, 4) is 17.2 Å². The molecule has 0 aliphatic carbocycles. The summed E-state index contributed by atoms with van der Waals surface area (Å²) in [6.45, 7) is -0.594. The maximum Gasteiger partial charge on any atom is 0.271 e. The van der Waals surface area contributed by atoms with Crippen LogP contribution >= 0.6 is 0 Å². The van der Waals surface area contributed by atoms with Crippen LogP contribution in [0.4, 0.5) is 22.0 Å². The predicted octanol–water partition coefficient (Wildman–Crippen LogP) is 4.44. The van der Waals surface area contributed by atoms with E-state index in [-0.39, 0.29) is 22.6 Å². The molecule has 0 saturated heterocycles. The van der Waals surface area contributed by atoms with Crippen molar-refractivity contribution in [2.75, 3.05) is 7.11 Å². The third-order valence-corrected chi connectivity index (χ3v) is 4.36. The largest absolute Gasteiger partial charge is 0.508 e. The van der Waals surface area contributed by atoms with E-state index in [0.29, 0.717) is 5.56 Å². The van der Waals surface area contributed by atoms with Crippen LogP contribution in [0.3, 0.4) is 0 Å². The minimum atomic E-state index is -2.29. The van der Waals surface area contributed by atoms with Gasteiger partial charge >= 0.3 is 0 Å². The van der Waals surface area contributed by atoms with Crippen molar-refractivity contribution in [3.05, 3.63) is 88.2 Å². The first-order valence-corrected chi connectivity index (χ1v) is 9.16. The molecule has 0 radical (unpaired) electrons. The van der Waals surface area contributed by atoms with Gasteiger partial charge in [0.2, 0.25) is 29.1 Å². The molecule has 33 heavy (non-hydrogen) atoms. The molecule has 3 aromatic carbocycles. The molecule has 0 fully saturated rings. The normalized spacial score (nSPS) is 11.0. The Labute approximate surface area is 183 Å². The van der Waals surface area contributed by atoms with Gasteiger partial charge in [0.25, 0.3) is 5.91 Å². The van der Waals surface area contributed by atoms with Crippen LogP contribution in [0.5, 0.6) is 17.2 Å². The number of phenols is 1. The van der Waals surface area contributed by atoms with Gasteiger partial charge < -0.3 is 14.6 Å². The fraction of sp³-hybridized carbons (Fsp3) is 0.0909. The second-order valence-electron chi connectivity index (χ2n) is 6.50. The summed E-state index contributed by atoms with van der Waals surface area (Å²) in [7, 11) is 1.31. The van der Waals surface area contributed by atoms with E-state index in [4.69, 9.17) is 9.47 Å². The Kier molecular flexibility index (Phi) is 7.11. The smallest absolute Gasteiger partial charge is 0.271 e. The SMILES string of the molecule is COc1ccc(/C=N/NC(=O)c2ccc(O)cc2)cc1COc1c(F)c(F)c(F)c(F)c1F. The van der Waals surface area contributed by atoms with Crippen molar-refractivity contribution in [1.29, 1.82) is 0 Å². The highest BCUT2D eigenvalue weighted by Crippen LogP contribution is 2.30. The number of hydrogen-bond acceptors (Lipinski definition) is 5. The fourth-order valence-corrected chi connectivity index (χ4v) is 2.70. The Morgan fingerprint density at radius 1 is 0.970 bits per heavy atom. The molecule has 11 heteroatoms. The van der Waals surface area contributed by atoms with Crippen LogP contribution in [0.25, 0.3) is 0 Å². The summed E-state index contributed by atoms with van der Waals surface area (Å²) in [5.41, 5.74) is 3.13. The van der Waals surface area contributed by atoms with Gasteiger partial charge in [0.15, 0.2) is 5.75 Å². The monoisotopic (exact) mass is 466 g/mol. The second-order valence-corrected chi connectivity index (χ2v) is 6.50. The molecular weight excluding hydrogens is 451 g/mol. The molecule has 2 N–H and O–H groups in total. The number of methoxy groups -OCH3 is 1. The van der Waals surface area contributed by atoms with Crippen LogP contribution in [-0.2, 0) is 6.61 Å². The summed E-state index contributed by atoms with van der Waals surface area (Å²) in [5.74, 6) is -12.5. The van der Waals surface area contributed by atoms with Crippen molar-refractivity contribution in [1.82, 2.24) is 5.43 Å². The quantitative estimate of drug-likeness (QED) is 0.177. The number of benzene rings is 3. The molecule has 0 aromatic heterocycles. The number of carbonyl (C=O) groups excluding carboxylic acids is 1. The van der Waals surface area contributed by atoms with Gasteiger partial charge in [-0.2, -0.15) is 13.9 Å². The van der Waals surface area contributed by atoms with E-state index in [1.165, 1.54) is 55.8 Å². The molecule has 0 bridgehead atoms. The van der Waals surface area contributed by atoms with Gasteiger partial charge in [0.05, 0.1) is 13.3 Å². The highest BCUT2D eigenvalue weighted by molar-refractivity contribution is 5.95. The highest BCUT2D eigenvalue weighted by Gasteiger charge is 2.27. The molecule has 172 valence electrons. The van der Waals surface area contributed by atoms with Crippen molar-refractivity contribution in [2.24, 2.45) is 5.10 Å². The number of rotatable bonds is 7. The van der Waals surface area contributed by atoms with E-state index < -0.39 is 47.3 Å². The van der Waals surface area contributed by atoms with Crippen LogP contribution in [0.1, 0.15) is 21.5 Å². The van der Waals surface area contributed by atoms with Gasteiger partial charge in [0, 0.05) is 11.1 Å². The van der Waals surface area contributed by atoms with Gasteiger partial charge in [-0.05, 0) is 48.0 Å². The van der Waals surface area contributed by atoms with Gasteiger partial charge in [-0.15, -0.1) is 0 Å². The van der Waals surface area contributed by atoms with Crippen LogP contribution in [-0.4, -0.2) is 24.3 Å². The third kappa shape index (κ3) is 5.20. The number of carbonyl (C=O) groups is 1. The molecule has 0 unspecified atom stereocenters. The summed E-state index contributed by atoms with van der Waals surface area (Å²) < 4.78 is 77.5. The first kappa shape index (κ1) is 23.5. The lowest BCUT2D eigenvalue weighted by Crippen LogP contribution is -2.17. The zero-order valence-corrected chi connectivity index (χ0v) is 16.8. The zero-order chi connectivity index (χ0) is 24.1. The van der Waals surface area contributed by atoms with Gasteiger partial charge in [0.1, 0.15) is 18.1 Å². The highest BCUT2D eigenvalue weighted by atomic mass is 19.2. The molecule has 0 aliphatic rings. The summed E-state index contributed by atoms with van der Waals surface area (Å²) in [4.78, 5) is 12.0. The van der Waals surface area contributed by atoms with Gasteiger partial charge in [-0.1, -0.05) is 0 Å².